The second kappa shape index (κ2) is 7.90. The van der Waals surface area contributed by atoms with Crippen molar-refractivity contribution in [3.05, 3.63) is 35.9 Å². The molecule has 110 valence electrons. The van der Waals surface area contributed by atoms with Gasteiger partial charge in [0.25, 0.3) is 0 Å². The van der Waals surface area contributed by atoms with Gasteiger partial charge in [0.1, 0.15) is 0 Å². The van der Waals surface area contributed by atoms with Gasteiger partial charge in [-0.2, -0.15) is 0 Å². The minimum Gasteiger partial charge on any atom is -0.306 e. The van der Waals surface area contributed by atoms with E-state index in [4.69, 9.17) is 0 Å². The van der Waals surface area contributed by atoms with Crippen LogP contribution in [-0.2, 0) is 0 Å². The first-order valence-electron chi connectivity index (χ1n) is 7.74. The normalized spacial score (nSPS) is 17.7. The summed E-state index contributed by atoms with van der Waals surface area (Å²) in [6.45, 7) is 3.21. The second-order valence-electron chi connectivity index (χ2n) is 6.05. The lowest BCUT2D eigenvalue weighted by molar-refractivity contribution is 0.457. The maximum Gasteiger partial charge on any atom is 0.0162 e. The highest BCUT2D eigenvalue weighted by Gasteiger charge is 2.14. The Bertz CT molecular complexity index is 427. The fourth-order valence-corrected chi connectivity index (χ4v) is 3.86. The third kappa shape index (κ3) is 4.99. The first kappa shape index (κ1) is 15.7. The smallest absolute Gasteiger partial charge is 0.0162 e. The summed E-state index contributed by atoms with van der Waals surface area (Å²) in [7, 11) is 4.21. The van der Waals surface area contributed by atoms with Gasteiger partial charge >= 0.3 is 0 Å². The summed E-state index contributed by atoms with van der Waals surface area (Å²) in [6.07, 6.45) is 9.36. The summed E-state index contributed by atoms with van der Waals surface area (Å²) >= 11 is 2.08. The molecule has 1 aromatic rings. The fourth-order valence-electron chi connectivity index (χ4n) is 2.61. The lowest BCUT2D eigenvalue weighted by Crippen LogP contribution is -2.10. The highest BCUT2D eigenvalue weighted by Crippen LogP contribution is 2.33. The van der Waals surface area contributed by atoms with E-state index in [-0.39, 0.29) is 0 Å². The molecule has 0 radical (unpaired) electrons. The van der Waals surface area contributed by atoms with E-state index in [1.54, 1.807) is 0 Å². The van der Waals surface area contributed by atoms with Crippen molar-refractivity contribution in [3.8, 4) is 0 Å². The number of allylic oxidation sites excluding steroid dienone is 1. The summed E-state index contributed by atoms with van der Waals surface area (Å²) in [6, 6.07) is 9.13. The summed E-state index contributed by atoms with van der Waals surface area (Å²) < 4.78 is 0. The Morgan fingerprint density at radius 2 is 1.80 bits per heavy atom. The van der Waals surface area contributed by atoms with E-state index in [9.17, 15) is 0 Å². The molecule has 0 N–H and O–H groups in total. The number of hydrogen-bond acceptors (Lipinski definition) is 2. The van der Waals surface area contributed by atoms with Crippen molar-refractivity contribution in [2.45, 2.75) is 49.2 Å². The van der Waals surface area contributed by atoms with E-state index in [0.717, 1.165) is 11.8 Å². The molecule has 0 spiro atoms. The first-order valence-corrected chi connectivity index (χ1v) is 8.61. The zero-order valence-electron chi connectivity index (χ0n) is 13.1. The van der Waals surface area contributed by atoms with Crippen LogP contribution in [0.4, 0.5) is 0 Å². The Hall–Kier alpha value is -0.730. The molecule has 1 saturated carbocycles. The fraction of sp³-hybridized carbons (Fsp3) is 0.556. The van der Waals surface area contributed by atoms with Crippen LogP contribution in [0.2, 0.25) is 0 Å². The molecule has 0 aromatic heterocycles. The molecule has 0 aliphatic heterocycles. The van der Waals surface area contributed by atoms with Gasteiger partial charge in [-0.3, -0.25) is 0 Å². The topological polar surface area (TPSA) is 3.24 Å². The van der Waals surface area contributed by atoms with E-state index in [2.05, 4.69) is 68.0 Å². The van der Waals surface area contributed by atoms with Crippen molar-refractivity contribution in [2.75, 3.05) is 20.6 Å². The molecule has 0 saturated heterocycles. The predicted octanol–water partition coefficient (Wildman–Crippen LogP) is 5.08. The van der Waals surface area contributed by atoms with Crippen LogP contribution < -0.4 is 0 Å². The number of nitrogens with zero attached hydrogens (tertiary/aromatic N) is 1. The Kier molecular flexibility index (Phi) is 6.18. The third-order valence-electron chi connectivity index (χ3n) is 3.93. The van der Waals surface area contributed by atoms with Gasteiger partial charge in [0.15, 0.2) is 0 Å². The van der Waals surface area contributed by atoms with Gasteiger partial charge in [0, 0.05) is 16.7 Å². The summed E-state index contributed by atoms with van der Waals surface area (Å²) in [5, 5.41) is 0.847. The molecule has 20 heavy (non-hydrogen) atoms. The van der Waals surface area contributed by atoms with Gasteiger partial charge < -0.3 is 4.90 Å². The minimum atomic E-state index is 0.847. The van der Waals surface area contributed by atoms with E-state index >= 15 is 0 Å². The van der Waals surface area contributed by atoms with Crippen LogP contribution in [-0.4, -0.2) is 30.8 Å². The zero-order valence-corrected chi connectivity index (χ0v) is 13.9. The molecule has 2 rings (SSSR count). The van der Waals surface area contributed by atoms with Crippen molar-refractivity contribution in [1.82, 2.24) is 4.90 Å². The van der Waals surface area contributed by atoms with Crippen LogP contribution >= 0.6 is 11.8 Å². The number of hydrogen-bond donors (Lipinski definition) is 0. The van der Waals surface area contributed by atoms with Crippen LogP contribution in [0.5, 0.6) is 0 Å². The zero-order chi connectivity index (χ0) is 14.4. The maximum atomic E-state index is 2.29. The molecule has 1 fully saturated rings. The molecular formula is C18H27NS. The number of benzene rings is 1. The Morgan fingerprint density at radius 1 is 1.15 bits per heavy atom. The summed E-state index contributed by atoms with van der Waals surface area (Å²) in [5.41, 5.74) is 2.72. The van der Waals surface area contributed by atoms with Crippen LogP contribution in [0.25, 0.3) is 5.57 Å². The molecule has 1 aliphatic rings. The molecule has 2 heteroatoms. The Labute approximate surface area is 128 Å². The van der Waals surface area contributed by atoms with Crippen molar-refractivity contribution < 1.29 is 0 Å². The summed E-state index contributed by atoms with van der Waals surface area (Å²) in [4.78, 5) is 3.62. The molecule has 0 heterocycles. The standard InChI is InChI=1S/C18H27NS/c1-15(13-14-19(2)3)16-9-11-18(12-10-16)20-17-7-5-4-6-8-17/h9-13,17H,4-8,14H2,1-3H3. The Balaban J connectivity index is 1.93. The average molecular weight is 289 g/mol. The van der Waals surface area contributed by atoms with Crippen molar-refractivity contribution in [2.24, 2.45) is 0 Å². The highest BCUT2D eigenvalue weighted by atomic mass is 32.2. The predicted molar refractivity (Wildman–Crippen MR) is 91.4 cm³/mol. The van der Waals surface area contributed by atoms with Gasteiger partial charge in [-0.25, -0.2) is 0 Å². The van der Waals surface area contributed by atoms with E-state index < -0.39 is 0 Å². The molecule has 1 nitrogen and oxygen atoms in total. The van der Waals surface area contributed by atoms with E-state index in [1.807, 2.05) is 0 Å². The maximum absolute atomic E-state index is 2.29. The van der Waals surface area contributed by atoms with Gasteiger partial charge in [-0.05, 0) is 57.1 Å². The van der Waals surface area contributed by atoms with Gasteiger partial charge in [0.05, 0.1) is 0 Å². The molecule has 0 atom stereocenters. The quantitative estimate of drug-likeness (QED) is 0.744. The Morgan fingerprint density at radius 3 is 2.40 bits per heavy atom. The first-order chi connectivity index (χ1) is 9.65. The lowest BCUT2D eigenvalue weighted by atomic mass is 10.0. The minimum absolute atomic E-state index is 0.847. The van der Waals surface area contributed by atoms with Crippen LogP contribution in [0.1, 0.15) is 44.6 Å². The van der Waals surface area contributed by atoms with Crippen LogP contribution in [0, 0.1) is 0 Å². The largest absolute Gasteiger partial charge is 0.306 e. The van der Waals surface area contributed by atoms with Crippen molar-refractivity contribution in [1.29, 1.82) is 0 Å². The van der Waals surface area contributed by atoms with Crippen LogP contribution in [0.15, 0.2) is 35.2 Å². The van der Waals surface area contributed by atoms with Gasteiger partial charge in [-0.15, -0.1) is 11.8 Å². The number of likely N-dealkylation sites (N-methyl/N-ethyl adjacent to an activating group) is 1. The van der Waals surface area contributed by atoms with Crippen molar-refractivity contribution in [3.63, 3.8) is 0 Å². The van der Waals surface area contributed by atoms with E-state index in [1.165, 1.54) is 48.1 Å². The van der Waals surface area contributed by atoms with Crippen molar-refractivity contribution >= 4 is 17.3 Å². The van der Waals surface area contributed by atoms with Gasteiger partial charge in [0.2, 0.25) is 0 Å². The lowest BCUT2D eigenvalue weighted by Gasteiger charge is -2.21. The molecule has 0 bridgehead atoms. The highest BCUT2D eigenvalue weighted by molar-refractivity contribution is 8.00. The number of rotatable bonds is 5. The SMILES string of the molecule is CC(=CCN(C)C)c1ccc(SC2CCCCC2)cc1. The number of thioether (sulfide) groups is 1. The average Bonchev–Trinajstić information content (AvgIpc) is 2.46. The molecule has 0 amide bonds. The monoisotopic (exact) mass is 289 g/mol. The van der Waals surface area contributed by atoms with Crippen LogP contribution in [0.3, 0.4) is 0 Å². The molecule has 1 aliphatic carbocycles. The molecule has 1 aromatic carbocycles. The second-order valence-corrected chi connectivity index (χ2v) is 7.43. The molecule has 0 unspecified atom stereocenters. The van der Waals surface area contributed by atoms with E-state index in [0.29, 0.717) is 0 Å². The van der Waals surface area contributed by atoms with Gasteiger partial charge in [-0.1, -0.05) is 37.5 Å². The molecular weight excluding hydrogens is 262 g/mol. The summed E-state index contributed by atoms with van der Waals surface area (Å²) in [5.74, 6) is 0. The third-order valence-corrected chi connectivity index (χ3v) is 5.28.